The fourth-order valence-corrected chi connectivity index (χ4v) is 2.79. The molecule has 1 aliphatic rings. The molecule has 1 fully saturated rings. The van der Waals surface area contributed by atoms with E-state index in [0.29, 0.717) is 5.92 Å². The largest absolute Gasteiger partial charge is 0.481 e. The number of amides is 2. The van der Waals surface area contributed by atoms with Crippen LogP contribution in [0.2, 0.25) is 0 Å². The summed E-state index contributed by atoms with van der Waals surface area (Å²) in [5.74, 6) is 0.0724. The van der Waals surface area contributed by atoms with Crippen LogP contribution in [-0.2, 0) is 4.79 Å². The molecule has 1 aliphatic carbocycles. The second-order valence-corrected chi connectivity index (χ2v) is 6.43. The van der Waals surface area contributed by atoms with Gasteiger partial charge in [0.25, 0.3) is 0 Å². The minimum Gasteiger partial charge on any atom is -0.481 e. The lowest BCUT2D eigenvalue weighted by atomic mass is 9.80. The Hall–Kier alpha value is -1.26. The number of aliphatic carboxylic acids is 1. The first-order chi connectivity index (χ1) is 9.31. The fourth-order valence-electron chi connectivity index (χ4n) is 2.79. The average Bonchev–Trinajstić information content (AvgIpc) is 2.38. The molecule has 5 heteroatoms. The van der Waals surface area contributed by atoms with Crippen LogP contribution in [0.15, 0.2) is 0 Å². The number of hydrogen-bond acceptors (Lipinski definition) is 2. The Kier molecular flexibility index (Phi) is 6.30. The van der Waals surface area contributed by atoms with E-state index in [-0.39, 0.29) is 18.6 Å². The number of urea groups is 1. The highest BCUT2D eigenvalue weighted by Gasteiger charge is 2.25. The van der Waals surface area contributed by atoms with E-state index >= 15 is 0 Å². The van der Waals surface area contributed by atoms with Crippen molar-refractivity contribution in [3.05, 3.63) is 0 Å². The van der Waals surface area contributed by atoms with Crippen molar-refractivity contribution in [1.29, 1.82) is 0 Å². The molecule has 0 aromatic heterocycles. The zero-order valence-electron chi connectivity index (χ0n) is 13.1. The van der Waals surface area contributed by atoms with Gasteiger partial charge in [-0.15, -0.1) is 0 Å². The SMILES string of the molecule is CC(CN(C)C(=O)NC1CCC(C(C)C)CC1)C(=O)O. The summed E-state index contributed by atoms with van der Waals surface area (Å²) in [6.07, 6.45) is 4.38. The standard InChI is InChI=1S/C15H28N2O3/c1-10(2)12-5-7-13(8-6-12)16-15(20)17(4)9-11(3)14(18)19/h10-13H,5-9H2,1-4H3,(H,16,20)(H,18,19). The summed E-state index contributed by atoms with van der Waals surface area (Å²) in [4.78, 5) is 24.3. The van der Waals surface area contributed by atoms with Crippen LogP contribution in [0.1, 0.15) is 46.5 Å². The number of carbonyl (C=O) groups is 2. The molecule has 20 heavy (non-hydrogen) atoms. The number of hydrogen-bond donors (Lipinski definition) is 2. The zero-order valence-corrected chi connectivity index (χ0v) is 13.1. The number of rotatable bonds is 5. The van der Waals surface area contributed by atoms with Crippen molar-refractivity contribution in [3.63, 3.8) is 0 Å². The molecule has 0 saturated heterocycles. The summed E-state index contributed by atoms with van der Waals surface area (Å²) in [6, 6.07) is 0.0752. The van der Waals surface area contributed by atoms with E-state index in [4.69, 9.17) is 5.11 Å². The van der Waals surface area contributed by atoms with Crippen molar-refractivity contribution in [2.45, 2.75) is 52.5 Å². The van der Waals surface area contributed by atoms with Gasteiger partial charge in [0.15, 0.2) is 0 Å². The summed E-state index contributed by atoms with van der Waals surface area (Å²) in [7, 11) is 1.65. The molecule has 0 bridgehead atoms. The summed E-state index contributed by atoms with van der Waals surface area (Å²) >= 11 is 0. The Morgan fingerprint density at radius 2 is 1.75 bits per heavy atom. The third kappa shape index (κ3) is 5.02. The molecule has 0 aliphatic heterocycles. The molecule has 1 unspecified atom stereocenters. The van der Waals surface area contributed by atoms with Crippen LogP contribution in [-0.4, -0.2) is 41.6 Å². The van der Waals surface area contributed by atoms with Gasteiger partial charge in [0.1, 0.15) is 0 Å². The predicted octanol–water partition coefficient (Wildman–Crippen LogP) is 2.56. The van der Waals surface area contributed by atoms with Crippen LogP contribution in [0.5, 0.6) is 0 Å². The Morgan fingerprint density at radius 1 is 1.20 bits per heavy atom. The van der Waals surface area contributed by atoms with E-state index in [2.05, 4.69) is 19.2 Å². The van der Waals surface area contributed by atoms with E-state index in [1.807, 2.05) is 0 Å². The summed E-state index contributed by atoms with van der Waals surface area (Å²) in [5, 5.41) is 11.9. The monoisotopic (exact) mass is 284 g/mol. The van der Waals surface area contributed by atoms with Crippen molar-refractivity contribution in [1.82, 2.24) is 10.2 Å². The van der Waals surface area contributed by atoms with Crippen LogP contribution >= 0.6 is 0 Å². The smallest absolute Gasteiger partial charge is 0.317 e. The molecule has 0 spiro atoms. The van der Waals surface area contributed by atoms with E-state index in [1.165, 1.54) is 4.90 Å². The Balaban J connectivity index is 2.34. The van der Waals surface area contributed by atoms with Crippen LogP contribution in [0, 0.1) is 17.8 Å². The van der Waals surface area contributed by atoms with E-state index in [9.17, 15) is 9.59 Å². The lowest BCUT2D eigenvalue weighted by molar-refractivity contribution is -0.141. The lowest BCUT2D eigenvalue weighted by Crippen LogP contribution is -2.46. The highest BCUT2D eigenvalue weighted by molar-refractivity contribution is 5.76. The summed E-state index contributed by atoms with van der Waals surface area (Å²) < 4.78 is 0. The molecule has 1 saturated carbocycles. The molecule has 0 aromatic carbocycles. The van der Waals surface area contributed by atoms with Crippen molar-refractivity contribution >= 4 is 12.0 Å². The maximum atomic E-state index is 12.0. The van der Waals surface area contributed by atoms with Gasteiger partial charge in [-0.05, 0) is 37.5 Å². The van der Waals surface area contributed by atoms with Crippen LogP contribution in [0.4, 0.5) is 4.79 Å². The van der Waals surface area contributed by atoms with Gasteiger partial charge in [-0.2, -0.15) is 0 Å². The Bertz CT molecular complexity index is 336. The topological polar surface area (TPSA) is 69.6 Å². The van der Waals surface area contributed by atoms with E-state index in [1.54, 1.807) is 14.0 Å². The van der Waals surface area contributed by atoms with Crippen LogP contribution in [0.3, 0.4) is 0 Å². The second-order valence-electron chi connectivity index (χ2n) is 6.43. The summed E-state index contributed by atoms with van der Waals surface area (Å²) in [6.45, 7) is 6.36. The zero-order chi connectivity index (χ0) is 15.3. The molecule has 2 N–H and O–H groups in total. The molecule has 0 radical (unpaired) electrons. The minimum absolute atomic E-state index is 0.161. The maximum Gasteiger partial charge on any atom is 0.317 e. The molecule has 0 aromatic rings. The highest BCUT2D eigenvalue weighted by Crippen LogP contribution is 2.29. The number of carboxylic acids is 1. The quantitative estimate of drug-likeness (QED) is 0.815. The third-order valence-corrected chi connectivity index (χ3v) is 4.36. The van der Waals surface area contributed by atoms with Gasteiger partial charge in [-0.3, -0.25) is 4.79 Å². The van der Waals surface area contributed by atoms with Gasteiger partial charge in [-0.25, -0.2) is 4.79 Å². The number of nitrogens with zero attached hydrogens (tertiary/aromatic N) is 1. The average molecular weight is 284 g/mol. The van der Waals surface area contributed by atoms with Crippen LogP contribution in [0.25, 0.3) is 0 Å². The molecule has 1 atom stereocenters. The Morgan fingerprint density at radius 3 is 2.20 bits per heavy atom. The van der Waals surface area contributed by atoms with Gasteiger partial charge in [0.2, 0.25) is 0 Å². The number of carbonyl (C=O) groups excluding carboxylic acids is 1. The normalized spacial score (nSPS) is 24.2. The van der Waals surface area contributed by atoms with Gasteiger partial charge < -0.3 is 15.3 Å². The Labute approximate surface area is 121 Å². The van der Waals surface area contributed by atoms with Crippen molar-refractivity contribution in [2.24, 2.45) is 17.8 Å². The van der Waals surface area contributed by atoms with Gasteiger partial charge in [-0.1, -0.05) is 20.8 Å². The molecule has 1 rings (SSSR count). The maximum absolute atomic E-state index is 12.0. The summed E-state index contributed by atoms with van der Waals surface area (Å²) in [5.41, 5.74) is 0. The molecular formula is C15H28N2O3. The number of nitrogens with one attached hydrogen (secondary N) is 1. The first-order valence-electron chi connectivity index (χ1n) is 7.55. The number of carboxylic acid groups (broad SMARTS) is 1. The van der Waals surface area contributed by atoms with Gasteiger partial charge in [0.05, 0.1) is 5.92 Å². The van der Waals surface area contributed by atoms with Crippen LogP contribution < -0.4 is 5.32 Å². The molecule has 0 heterocycles. The van der Waals surface area contributed by atoms with E-state index in [0.717, 1.165) is 31.6 Å². The van der Waals surface area contributed by atoms with Gasteiger partial charge in [0, 0.05) is 19.6 Å². The molecule has 116 valence electrons. The van der Waals surface area contributed by atoms with Gasteiger partial charge >= 0.3 is 12.0 Å². The third-order valence-electron chi connectivity index (χ3n) is 4.36. The molecule has 5 nitrogen and oxygen atoms in total. The lowest BCUT2D eigenvalue weighted by Gasteiger charge is -2.32. The minimum atomic E-state index is -0.873. The second kappa shape index (κ2) is 7.50. The van der Waals surface area contributed by atoms with Crippen molar-refractivity contribution in [2.75, 3.05) is 13.6 Å². The molecule has 2 amide bonds. The first kappa shape index (κ1) is 16.8. The molecular weight excluding hydrogens is 256 g/mol. The van der Waals surface area contributed by atoms with Crippen molar-refractivity contribution < 1.29 is 14.7 Å². The van der Waals surface area contributed by atoms with E-state index < -0.39 is 11.9 Å². The fraction of sp³-hybridized carbons (Fsp3) is 0.867. The van der Waals surface area contributed by atoms with Crippen molar-refractivity contribution in [3.8, 4) is 0 Å². The first-order valence-corrected chi connectivity index (χ1v) is 7.55. The predicted molar refractivity (Wildman–Crippen MR) is 78.5 cm³/mol. The highest BCUT2D eigenvalue weighted by atomic mass is 16.4.